The molecule has 1 N–H and O–H groups in total. The molecule has 0 saturated carbocycles. The maximum Gasteiger partial charge on any atom is 0.231 e. The van der Waals surface area contributed by atoms with Gasteiger partial charge in [0.25, 0.3) is 0 Å². The van der Waals surface area contributed by atoms with E-state index in [0.29, 0.717) is 11.8 Å². The van der Waals surface area contributed by atoms with E-state index >= 15 is 0 Å². The van der Waals surface area contributed by atoms with Crippen molar-refractivity contribution >= 4 is 0 Å². The van der Waals surface area contributed by atoms with Gasteiger partial charge in [0.2, 0.25) is 5.89 Å². The minimum Gasteiger partial charge on any atom is -0.381 e. The second-order valence-corrected chi connectivity index (χ2v) is 4.92. The number of ether oxygens (including phenoxy) is 1. The van der Waals surface area contributed by atoms with Gasteiger partial charge in [0.05, 0.1) is 5.92 Å². The molecule has 3 heterocycles. The van der Waals surface area contributed by atoms with E-state index in [1.54, 1.807) is 0 Å². The van der Waals surface area contributed by atoms with Crippen LogP contribution in [-0.2, 0) is 4.74 Å². The van der Waals surface area contributed by atoms with E-state index in [2.05, 4.69) is 15.5 Å². The Labute approximate surface area is 101 Å². The van der Waals surface area contributed by atoms with E-state index in [4.69, 9.17) is 9.26 Å². The summed E-state index contributed by atoms with van der Waals surface area (Å²) in [5.41, 5.74) is 0. The molecule has 0 unspecified atom stereocenters. The normalized spacial score (nSPS) is 27.2. The number of hydrogen-bond acceptors (Lipinski definition) is 5. The van der Waals surface area contributed by atoms with Crippen molar-refractivity contribution in [1.29, 1.82) is 0 Å². The minimum atomic E-state index is 0.407. The van der Waals surface area contributed by atoms with E-state index < -0.39 is 0 Å². The van der Waals surface area contributed by atoms with Crippen LogP contribution in [0.5, 0.6) is 0 Å². The molecular weight excluding hydrogens is 218 g/mol. The van der Waals surface area contributed by atoms with E-state index in [9.17, 15) is 0 Å². The highest BCUT2D eigenvalue weighted by molar-refractivity contribution is 5.01. The van der Waals surface area contributed by atoms with Gasteiger partial charge in [-0.25, -0.2) is 0 Å². The Morgan fingerprint density at radius 2 is 2.00 bits per heavy atom. The lowest BCUT2D eigenvalue weighted by molar-refractivity contribution is 0.0830. The maximum atomic E-state index is 5.42. The molecule has 2 fully saturated rings. The Bertz CT molecular complexity index is 322. The van der Waals surface area contributed by atoms with E-state index in [-0.39, 0.29) is 0 Å². The van der Waals surface area contributed by atoms with Gasteiger partial charge in [-0.05, 0) is 32.2 Å². The predicted molar refractivity (Wildman–Crippen MR) is 61.9 cm³/mol. The molecule has 17 heavy (non-hydrogen) atoms. The lowest BCUT2D eigenvalue weighted by Gasteiger charge is -2.19. The van der Waals surface area contributed by atoms with Gasteiger partial charge in [0.15, 0.2) is 5.82 Å². The van der Waals surface area contributed by atoms with Crippen LogP contribution >= 0.6 is 0 Å². The van der Waals surface area contributed by atoms with Crippen molar-refractivity contribution in [2.24, 2.45) is 0 Å². The van der Waals surface area contributed by atoms with Crippen molar-refractivity contribution in [3.8, 4) is 0 Å². The molecule has 0 bridgehead atoms. The fourth-order valence-corrected chi connectivity index (χ4v) is 2.60. The summed E-state index contributed by atoms with van der Waals surface area (Å²) < 4.78 is 10.8. The zero-order valence-electron chi connectivity index (χ0n) is 10.0. The SMILES string of the molecule is C1CNC[C@H](c2nc(C3CCOCC3)no2)C1. The fourth-order valence-electron chi connectivity index (χ4n) is 2.60. The van der Waals surface area contributed by atoms with E-state index in [1.165, 1.54) is 6.42 Å². The molecule has 5 nitrogen and oxygen atoms in total. The molecule has 1 aromatic rings. The van der Waals surface area contributed by atoms with Crippen LogP contribution < -0.4 is 5.32 Å². The Hall–Kier alpha value is -0.940. The molecule has 0 aliphatic carbocycles. The Balaban J connectivity index is 1.68. The molecule has 1 atom stereocenters. The maximum absolute atomic E-state index is 5.42. The average molecular weight is 237 g/mol. The Kier molecular flexibility index (Phi) is 3.38. The molecule has 0 spiro atoms. The number of hydrogen-bond donors (Lipinski definition) is 1. The van der Waals surface area contributed by atoms with Gasteiger partial charge in [-0.2, -0.15) is 4.98 Å². The lowest BCUT2D eigenvalue weighted by Crippen LogP contribution is -2.28. The largest absolute Gasteiger partial charge is 0.381 e. The first-order chi connectivity index (χ1) is 8.43. The van der Waals surface area contributed by atoms with E-state index in [0.717, 1.165) is 57.3 Å². The number of nitrogens with zero attached hydrogens (tertiary/aromatic N) is 2. The van der Waals surface area contributed by atoms with Crippen molar-refractivity contribution < 1.29 is 9.26 Å². The van der Waals surface area contributed by atoms with Crippen molar-refractivity contribution in [1.82, 2.24) is 15.5 Å². The van der Waals surface area contributed by atoms with Crippen LogP contribution in [0.4, 0.5) is 0 Å². The molecule has 3 rings (SSSR count). The van der Waals surface area contributed by atoms with Crippen LogP contribution in [0.3, 0.4) is 0 Å². The second-order valence-electron chi connectivity index (χ2n) is 4.92. The lowest BCUT2D eigenvalue weighted by atomic mass is 9.98. The molecule has 1 aromatic heterocycles. The Morgan fingerprint density at radius 1 is 1.12 bits per heavy atom. The topological polar surface area (TPSA) is 60.2 Å². The monoisotopic (exact) mass is 237 g/mol. The van der Waals surface area contributed by atoms with Crippen LogP contribution in [-0.4, -0.2) is 36.4 Å². The summed E-state index contributed by atoms with van der Waals surface area (Å²) in [6.45, 7) is 3.71. The van der Waals surface area contributed by atoms with Crippen molar-refractivity contribution in [2.75, 3.05) is 26.3 Å². The van der Waals surface area contributed by atoms with Gasteiger partial charge in [-0.1, -0.05) is 5.16 Å². The van der Waals surface area contributed by atoms with Gasteiger partial charge < -0.3 is 14.6 Å². The van der Waals surface area contributed by atoms with Crippen molar-refractivity contribution in [3.63, 3.8) is 0 Å². The third-order valence-electron chi connectivity index (χ3n) is 3.69. The predicted octanol–water partition coefficient (Wildman–Crippen LogP) is 1.43. The minimum absolute atomic E-state index is 0.407. The third-order valence-corrected chi connectivity index (χ3v) is 3.69. The highest BCUT2D eigenvalue weighted by Crippen LogP contribution is 2.27. The van der Waals surface area contributed by atoms with Crippen LogP contribution in [0.15, 0.2) is 4.52 Å². The van der Waals surface area contributed by atoms with Crippen LogP contribution in [0.2, 0.25) is 0 Å². The van der Waals surface area contributed by atoms with Crippen molar-refractivity contribution in [3.05, 3.63) is 11.7 Å². The summed E-state index contributed by atoms with van der Waals surface area (Å²) >= 11 is 0. The molecule has 2 aliphatic heterocycles. The molecule has 2 aliphatic rings. The summed E-state index contributed by atoms with van der Waals surface area (Å²) in [6, 6.07) is 0. The molecular formula is C12H19N3O2. The van der Waals surface area contributed by atoms with Crippen LogP contribution in [0.1, 0.15) is 49.2 Å². The molecule has 0 radical (unpaired) electrons. The smallest absolute Gasteiger partial charge is 0.231 e. The second kappa shape index (κ2) is 5.14. The first-order valence-corrected chi connectivity index (χ1v) is 6.55. The van der Waals surface area contributed by atoms with Crippen LogP contribution in [0, 0.1) is 0 Å². The summed E-state index contributed by atoms with van der Waals surface area (Å²) in [5, 5.41) is 7.52. The average Bonchev–Trinajstić information content (AvgIpc) is 2.90. The third kappa shape index (κ3) is 2.50. The summed E-state index contributed by atoms with van der Waals surface area (Å²) in [5.74, 6) is 2.54. The van der Waals surface area contributed by atoms with E-state index in [1.807, 2.05) is 0 Å². The molecule has 2 saturated heterocycles. The Morgan fingerprint density at radius 3 is 2.76 bits per heavy atom. The molecule has 94 valence electrons. The first kappa shape index (κ1) is 11.2. The summed E-state index contributed by atoms with van der Waals surface area (Å²) in [6.07, 6.45) is 4.38. The molecule has 0 amide bonds. The van der Waals surface area contributed by atoms with Crippen molar-refractivity contribution in [2.45, 2.75) is 37.5 Å². The van der Waals surface area contributed by atoms with Gasteiger partial charge in [0, 0.05) is 25.7 Å². The zero-order chi connectivity index (χ0) is 11.5. The van der Waals surface area contributed by atoms with Gasteiger partial charge in [-0.15, -0.1) is 0 Å². The zero-order valence-corrected chi connectivity index (χ0v) is 10.0. The number of aromatic nitrogens is 2. The highest BCUT2D eigenvalue weighted by Gasteiger charge is 2.25. The van der Waals surface area contributed by atoms with Gasteiger partial charge in [-0.3, -0.25) is 0 Å². The van der Waals surface area contributed by atoms with Gasteiger partial charge >= 0.3 is 0 Å². The standard InChI is InChI=1S/C12H19N3O2/c1-2-10(8-13-5-1)12-14-11(15-17-12)9-3-6-16-7-4-9/h9-10,13H,1-8H2/t10-/m1/s1. The number of nitrogens with one attached hydrogen (secondary N) is 1. The summed E-state index contributed by atoms with van der Waals surface area (Å²) in [4.78, 5) is 4.58. The fraction of sp³-hybridized carbons (Fsp3) is 0.833. The number of piperidine rings is 1. The summed E-state index contributed by atoms with van der Waals surface area (Å²) in [7, 11) is 0. The first-order valence-electron chi connectivity index (χ1n) is 6.55. The molecule has 0 aromatic carbocycles. The van der Waals surface area contributed by atoms with Crippen LogP contribution in [0.25, 0.3) is 0 Å². The highest BCUT2D eigenvalue weighted by atomic mass is 16.5. The molecule has 5 heteroatoms. The quantitative estimate of drug-likeness (QED) is 0.843. The van der Waals surface area contributed by atoms with Gasteiger partial charge in [0.1, 0.15) is 0 Å². The number of rotatable bonds is 2.